The fourth-order valence-corrected chi connectivity index (χ4v) is 3.99. The molecule has 0 aliphatic heterocycles. The largest absolute Gasteiger partial charge is 0.481 e. The van der Waals surface area contributed by atoms with Crippen molar-refractivity contribution >= 4 is 13.3 Å². The minimum Gasteiger partial charge on any atom is -0.481 e. The van der Waals surface area contributed by atoms with E-state index in [-0.39, 0.29) is 5.82 Å². The maximum absolute atomic E-state index is 13.6. The lowest BCUT2D eigenvalue weighted by Gasteiger charge is -2.12. The number of hydrogen-bond donors (Lipinski definition) is 3. The van der Waals surface area contributed by atoms with Gasteiger partial charge < -0.3 is 15.1 Å². The summed E-state index contributed by atoms with van der Waals surface area (Å²) in [6, 6.07) is 8.41. The van der Waals surface area contributed by atoms with Gasteiger partial charge in [-0.3, -0.25) is 9.36 Å². The molecule has 0 bridgehead atoms. The highest BCUT2D eigenvalue weighted by Gasteiger charge is 2.22. The Morgan fingerprint density at radius 3 is 2.46 bits per heavy atom. The molecule has 2 atom stereocenters. The van der Waals surface area contributed by atoms with Gasteiger partial charge in [-0.1, -0.05) is 29.7 Å². The van der Waals surface area contributed by atoms with E-state index < -0.39 is 32.0 Å². The number of aliphatic hydroxyl groups is 1. The van der Waals surface area contributed by atoms with Crippen molar-refractivity contribution in [2.45, 2.75) is 33.3 Å². The van der Waals surface area contributed by atoms with Gasteiger partial charge >= 0.3 is 5.97 Å². The average Bonchev–Trinajstić information content (AvgIpc) is 2.54. The highest BCUT2D eigenvalue weighted by Crippen LogP contribution is 2.40. The first-order valence-electron chi connectivity index (χ1n) is 8.61. The van der Waals surface area contributed by atoms with Crippen molar-refractivity contribution in [2.75, 3.05) is 6.16 Å². The standard InChI is InChI=1S/C21H22FO5P/c1-13-8-14(2)18(6-7-28(26,27)12-17(23)11-21(24)25)19(9-13)16-4-5-20(22)15(3)10-16/h4-5,8-10,17,23H,11-12H2,1-3H3,(H,24,25)(H,26,27)/t17-/m0/s1. The van der Waals surface area contributed by atoms with Crippen LogP contribution >= 0.6 is 7.37 Å². The normalized spacial score (nSPS) is 13.9. The van der Waals surface area contributed by atoms with Gasteiger partial charge in [0.05, 0.1) is 18.7 Å². The highest BCUT2D eigenvalue weighted by atomic mass is 31.2. The van der Waals surface area contributed by atoms with Gasteiger partial charge in [-0.25, -0.2) is 4.39 Å². The van der Waals surface area contributed by atoms with Gasteiger partial charge in [-0.15, -0.1) is 0 Å². The van der Waals surface area contributed by atoms with Gasteiger partial charge in [0.25, 0.3) is 7.37 Å². The Morgan fingerprint density at radius 1 is 1.18 bits per heavy atom. The number of benzene rings is 2. The number of hydrogen-bond acceptors (Lipinski definition) is 3. The molecule has 3 N–H and O–H groups in total. The maximum Gasteiger partial charge on any atom is 0.305 e. The molecule has 0 saturated heterocycles. The smallest absolute Gasteiger partial charge is 0.305 e. The van der Waals surface area contributed by atoms with Crippen molar-refractivity contribution in [1.82, 2.24) is 0 Å². The Bertz CT molecular complexity index is 1020. The predicted octanol–water partition coefficient (Wildman–Crippen LogP) is 3.83. The molecule has 0 saturated carbocycles. The summed E-state index contributed by atoms with van der Waals surface area (Å²) < 4.78 is 25.9. The molecule has 0 fully saturated rings. The van der Waals surface area contributed by atoms with Crippen LogP contribution in [0.15, 0.2) is 30.3 Å². The summed E-state index contributed by atoms with van der Waals surface area (Å²) in [5.74, 6) is 1.14. The number of carboxylic acids is 1. The zero-order chi connectivity index (χ0) is 21.1. The summed E-state index contributed by atoms with van der Waals surface area (Å²) in [6.07, 6.45) is -2.71. The summed E-state index contributed by atoms with van der Waals surface area (Å²) in [5, 5.41) is 18.3. The number of aryl methyl sites for hydroxylation is 3. The topological polar surface area (TPSA) is 94.8 Å². The Balaban J connectivity index is 2.47. The lowest BCUT2D eigenvalue weighted by atomic mass is 9.93. The van der Waals surface area contributed by atoms with Gasteiger partial charge in [-0.05, 0) is 60.8 Å². The zero-order valence-electron chi connectivity index (χ0n) is 15.9. The monoisotopic (exact) mass is 404 g/mol. The van der Waals surface area contributed by atoms with E-state index >= 15 is 0 Å². The Kier molecular flexibility index (Phi) is 6.79. The second kappa shape index (κ2) is 8.70. The number of aliphatic hydroxyl groups excluding tert-OH is 1. The predicted molar refractivity (Wildman–Crippen MR) is 106 cm³/mol. The summed E-state index contributed by atoms with van der Waals surface area (Å²) in [6.45, 7) is 5.38. The molecule has 2 aromatic rings. The Labute approximate surface area is 163 Å². The minimum atomic E-state index is -4.07. The van der Waals surface area contributed by atoms with Gasteiger partial charge in [-0.2, -0.15) is 0 Å². The van der Waals surface area contributed by atoms with Gasteiger partial charge in [0.15, 0.2) is 0 Å². The third-order valence-electron chi connectivity index (χ3n) is 4.17. The quantitative estimate of drug-likeness (QED) is 0.520. The molecular formula is C21H22FO5P. The van der Waals surface area contributed by atoms with Gasteiger partial charge in [0, 0.05) is 5.56 Å². The van der Waals surface area contributed by atoms with Crippen LogP contribution in [0.5, 0.6) is 0 Å². The van der Waals surface area contributed by atoms with Crippen molar-refractivity contribution in [3.8, 4) is 22.7 Å². The first kappa shape index (κ1) is 21.8. The lowest BCUT2D eigenvalue weighted by Crippen LogP contribution is -2.17. The van der Waals surface area contributed by atoms with Crippen LogP contribution in [0.3, 0.4) is 0 Å². The van der Waals surface area contributed by atoms with Crippen LogP contribution in [-0.4, -0.2) is 33.3 Å². The van der Waals surface area contributed by atoms with Crippen LogP contribution in [0, 0.1) is 38.2 Å². The molecule has 28 heavy (non-hydrogen) atoms. The van der Waals surface area contributed by atoms with Crippen molar-refractivity contribution in [3.63, 3.8) is 0 Å². The van der Waals surface area contributed by atoms with Crippen LogP contribution in [0.2, 0.25) is 0 Å². The Hall–Kier alpha value is -2.45. The second-order valence-corrected chi connectivity index (χ2v) is 8.83. The molecule has 0 amide bonds. The van der Waals surface area contributed by atoms with Crippen LogP contribution in [0.4, 0.5) is 4.39 Å². The van der Waals surface area contributed by atoms with Crippen LogP contribution in [0.25, 0.3) is 11.1 Å². The molecule has 0 aliphatic carbocycles. The molecule has 0 heterocycles. The molecule has 7 heteroatoms. The second-order valence-electron chi connectivity index (χ2n) is 6.84. The number of carboxylic acid groups (broad SMARTS) is 1. The van der Waals surface area contributed by atoms with Crippen molar-refractivity contribution < 1.29 is 28.9 Å². The number of halogens is 1. The molecule has 5 nitrogen and oxygen atoms in total. The first-order valence-corrected chi connectivity index (χ1v) is 10.5. The molecule has 2 aromatic carbocycles. The summed E-state index contributed by atoms with van der Waals surface area (Å²) in [7, 11) is -4.07. The van der Waals surface area contributed by atoms with Gasteiger partial charge in [0.1, 0.15) is 5.82 Å². The van der Waals surface area contributed by atoms with Crippen LogP contribution in [0.1, 0.15) is 28.7 Å². The van der Waals surface area contributed by atoms with Crippen molar-refractivity contribution in [1.29, 1.82) is 0 Å². The number of rotatable bonds is 5. The van der Waals surface area contributed by atoms with E-state index in [4.69, 9.17) is 5.11 Å². The summed E-state index contributed by atoms with van der Waals surface area (Å²) in [5.41, 5.74) is 6.50. The van der Waals surface area contributed by atoms with Crippen molar-refractivity contribution in [2.24, 2.45) is 0 Å². The maximum atomic E-state index is 13.6. The molecule has 1 unspecified atom stereocenters. The molecule has 0 spiro atoms. The average molecular weight is 404 g/mol. The zero-order valence-corrected chi connectivity index (χ0v) is 16.8. The molecular weight excluding hydrogens is 382 g/mol. The van der Waals surface area contributed by atoms with E-state index in [2.05, 4.69) is 11.6 Å². The molecule has 0 radical (unpaired) electrons. The third-order valence-corrected chi connectivity index (χ3v) is 5.55. The fourth-order valence-electron chi connectivity index (χ4n) is 2.91. The van der Waals surface area contributed by atoms with E-state index in [0.717, 1.165) is 16.7 Å². The minimum absolute atomic E-state index is 0.326. The molecule has 2 rings (SSSR count). The van der Waals surface area contributed by atoms with Crippen molar-refractivity contribution in [3.05, 3.63) is 58.4 Å². The van der Waals surface area contributed by atoms with E-state index in [1.807, 2.05) is 26.0 Å². The molecule has 0 aromatic heterocycles. The molecule has 148 valence electrons. The van der Waals surface area contributed by atoms with E-state index in [1.54, 1.807) is 19.1 Å². The summed E-state index contributed by atoms with van der Waals surface area (Å²) >= 11 is 0. The number of aliphatic carboxylic acids is 1. The summed E-state index contributed by atoms with van der Waals surface area (Å²) in [4.78, 5) is 20.6. The molecule has 0 aliphatic rings. The number of carbonyl (C=O) groups is 1. The SMILES string of the molecule is Cc1cc(C)c(C#CP(=O)(O)C[C@@H](O)CC(=O)O)c(-c2ccc(F)c(C)c2)c1. The van der Waals surface area contributed by atoms with E-state index in [1.165, 1.54) is 6.07 Å². The fraction of sp³-hybridized carbons (Fsp3) is 0.286. The van der Waals surface area contributed by atoms with E-state index in [0.29, 0.717) is 16.7 Å². The lowest BCUT2D eigenvalue weighted by molar-refractivity contribution is -0.138. The third kappa shape index (κ3) is 5.77. The Morgan fingerprint density at radius 2 is 1.86 bits per heavy atom. The van der Waals surface area contributed by atoms with Crippen LogP contribution in [-0.2, 0) is 9.36 Å². The van der Waals surface area contributed by atoms with Crippen LogP contribution < -0.4 is 0 Å². The highest BCUT2D eigenvalue weighted by molar-refractivity contribution is 7.63. The van der Waals surface area contributed by atoms with E-state index in [9.17, 15) is 23.7 Å². The van der Waals surface area contributed by atoms with Gasteiger partial charge in [0.2, 0.25) is 0 Å². The first-order chi connectivity index (χ1) is 13.0.